The van der Waals surface area contributed by atoms with E-state index in [4.69, 9.17) is 4.74 Å². The third kappa shape index (κ3) is 4.85. The standard InChI is InChI=1S/C23H25N3O4S2/c1-16-4-3-13-26(14-16)32(28,29)20-11-7-18(8-12-20)22(27)25-23-24-21(15-31-23)17-5-9-19(30-2)10-6-17/h5-12,15-16H,3-4,13-14H2,1-2H3,(H,24,25,27)/t16-/m0/s1. The highest BCUT2D eigenvalue weighted by Gasteiger charge is 2.28. The highest BCUT2D eigenvalue weighted by molar-refractivity contribution is 7.89. The van der Waals surface area contributed by atoms with Crippen LogP contribution in [0.4, 0.5) is 5.13 Å². The number of nitrogens with zero attached hydrogens (tertiary/aromatic N) is 2. The molecule has 32 heavy (non-hydrogen) atoms. The Labute approximate surface area is 192 Å². The molecule has 7 nitrogen and oxygen atoms in total. The van der Waals surface area contributed by atoms with Gasteiger partial charge in [-0.3, -0.25) is 10.1 Å². The molecule has 3 aromatic rings. The largest absolute Gasteiger partial charge is 0.497 e. The van der Waals surface area contributed by atoms with Crippen molar-refractivity contribution in [2.24, 2.45) is 5.92 Å². The minimum atomic E-state index is -3.55. The minimum absolute atomic E-state index is 0.208. The Hall–Kier alpha value is -2.75. The highest BCUT2D eigenvalue weighted by atomic mass is 32.2. The number of rotatable bonds is 6. The van der Waals surface area contributed by atoms with Gasteiger partial charge in [-0.05, 0) is 67.3 Å². The molecule has 0 radical (unpaired) electrons. The highest BCUT2D eigenvalue weighted by Crippen LogP contribution is 2.27. The van der Waals surface area contributed by atoms with E-state index in [9.17, 15) is 13.2 Å². The van der Waals surface area contributed by atoms with E-state index in [1.807, 2.05) is 29.6 Å². The minimum Gasteiger partial charge on any atom is -0.497 e. The summed E-state index contributed by atoms with van der Waals surface area (Å²) in [6.45, 7) is 3.13. The first-order valence-corrected chi connectivity index (χ1v) is 12.7. The fourth-order valence-electron chi connectivity index (χ4n) is 3.69. The van der Waals surface area contributed by atoms with Crippen molar-refractivity contribution in [3.05, 3.63) is 59.5 Å². The molecule has 0 unspecified atom stereocenters. The predicted octanol–water partition coefficient (Wildman–Crippen LogP) is 4.49. The number of benzene rings is 2. The normalized spacial score (nSPS) is 17.1. The molecule has 1 saturated heterocycles. The molecule has 1 aliphatic heterocycles. The second kappa shape index (κ2) is 9.40. The number of ether oxygens (including phenoxy) is 1. The van der Waals surface area contributed by atoms with Gasteiger partial charge in [0.25, 0.3) is 5.91 Å². The third-order valence-electron chi connectivity index (χ3n) is 5.48. The molecular weight excluding hydrogens is 446 g/mol. The molecule has 1 N–H and O–H groups in total. The molecule has 0 spiro atoms. The molecule has 0 saturated carbocycles. The zero-order valence-corrected chi connectivity index (χ0v) is 19.6. The average Bonchev–Trinajstić information content (AvgIpc) is 3.27. The number of hydrogen-bond donors (Lipinski definition) is 1. The van der Waals surface area contributed by atoms with Crippen molar-refractivity contribution < 1.29 is 17.9 Å². The lowest BCUT2D eigenvalue weighted by molar-refractivity contribution is 0.102. The van der Waals surface area contributed by atoms with Crippen LogP contribution in [-0.4, -0.2) is 43.8 Å². The quantitative estimate of drug-likeness (QED) is 0.572. The number of nitrogens with one attached hydrogen (secondary N) is 1. The summed E-state index contributed by atoms with van der Waals surface area (Å²) in [5, 5.41) is 5.12. The number of amides is 1. The van der Waals surface area contributed by atoms with E-state index in [1.54, 1.807) is 7.11 Å². The first-order valence-electron chi connectivity index (χ1n) is 10.4. The zero-order chi connectivity index (χ0) is 22.7. The summed E-state index contributed by atoms with van der Waals surface area (Å²) in [7, 11) is -1.93. The topological polar surface area (TPSA) is 88.6 Å². The Morgan fingerprint density at radius 1 is 1.16 bits per heavy atom. The molecule has 1 atom stereocenters. The number of carbonyl (C=O) groups excluding carboxylic acids is 1. The van der Waals surface area contributed by atoms with Crippen molar-refractivity contribution in [2.45, 2.75) is 24.7 Å². The summed E-state index contributed by atoms with van der Waals surface area (Å²) in [5.41, 5.74) is 2.05. The summed E-state index contributed by atoms with van der Waals surface area (Å²) < 4.78 is 32.5. The van der Waals surface area contributed by atoms with Gasteiger partial charge in [0.1, 0.15) is 5.75 Å². The second-order valence-electron chi connectivity index (χ2n) is 7.86. The van der Waals surface area contributed by atoms with Gasteiger partial charge in [0.2, 0.25) is 10.0 Å². The molecule has 1 aromatic heterocycles. The first kappa shape index (κ1) is 22.4. The van der Waals surface area contributed by atoms with Crippen molar-refractivity contribution in [1.29, 1.82) is 0 Å². The molecule has 9 heteroatoms. The number of anilines is 1. The van der Waals surface area contributed by atoms with E-state index in [-0.39, 0.29) is 10.8 Å². The molecule has 0 aliphatic carbocycles. The maximum absolute atomic E-state index is 12.9. The van der Waals surface area contributed by atoms with E-state index in [1.165, 1.54) is 39.9 Å². The van der Waals surface area contributed by atoms with Gasteiger partial charge in [-0.1, -0.05) is 6.92 Å². The fourth-order valence-corrected chi connectivity index (χ4v) is 6.00. The van der Waals surface area contributed by atoms with E-state index < -0.39 is 10.0 Å². The number of carbonyl (C=O) groups is 1. The third-order valence-corrected chi connectivity index (χ3v) is 8.12. The van der Waals surface area contributed by atoms with Gasteiger partial charge in [0.05, 0.1) is 17.7 Å². The fraction of sp³-hybridized carbons (Fsp3) is 0.304. The van der Waals surface area contributed by atoms with Gasteiger partial charge in [-0.25, -0.2) is 13.4 Å². The van der Waals surface area contributed by atoms with Gasteiger partial charge in [-0.15, -0.1) is 11.3 Å². The van der Waals surface area contributed by atoms with Crippen molar-refractivity contribution in [3.8, 4) is 17.0 Å². The average molecular weight is 472 g/mol. The molecule has 1 aliphatic rings. The maximum Gasteiger partial charge on any atom is 0.257 e. The molecule has 1 fully saturated rings. The van der Waals surface area contributed by atoms with Crippen molar-refractivity contribution >= 4 is 32.4 Å². The van der Waals surface area contributed by atoms with E-state index >= 15 is 0 Å². The number of methoxy groups -OCH3 is 1. The Kier molecular flexibility index (Phi) is 6.59. The summed E-state index contributed by atoms with van der Waals surface area (Å²) in [4.78, 5) is 17.3. The van der Waals surface area contributed by atoms with Gasteiger partial charge >= 0.3 is 0 Å². The summed E-state index contributed by atoms with van der Waals surface area (Å²) in [6, 6.07) is 13.6. The number of aromatic nitrogens is 1. The van der Waals surface area contributed by atoms with Crippen LogP contribution >= 0.6 is 11.3 Å². The smallest absolute Gasteiger partial charge is 0.257 e. The Bertz CT molecular complexity index is 1190. The van der Waals surface area contributed by atoms with Gasteiger partial charge in [0.15, 0.2) is 5.13 Å². The van der Waals surface area contributed by atoms with Crippen LogP contribution in [-0.2, 0) is 10.0 Å². The zero-order valence-electron chi connectivity index (χ0n) is 17.9. The Morgan fingerprint density at radius 3 is 2.53 bits per heavy atom. The van der Waals surface area contributed by atoms with Gasteiger partial charge < -0.3 is 4.74 Å². The Balaban J connectivity index is 1.43. The molecule has 1 amide bonds. The SMILES string of the molecule is COc1ccc(-c2csc(NC(=O)c3ccc(S(=O)(=O)N4CCC[C@H](C)C4)cc3)n2)cc1. The van der Waals surface area contributed by atoms with Crippen molar-refractivity contribution in [3.63, 3.8) is 0 Å². The molecule has 4 rings (SSSR count). The molecule has 168 valence electrons. The van der Waals surface area contributed by atoms with Crippen LogP contribution in [0.5, 0.6) is 5.75 Å². The molecule has 0 bridgehead atoms. The van der Waals surface area contributed by atoms with Gasteiger partial charge in [0, 0.05) is 29.6 Å². The van der Waals surface area contributed by atoms with E-state index in [2.05, 4.69) is 17.2 Å². The summed E-state index contributed by atoms with van der Waals surface area (Å²) in [6.07, 6.45) is 1.91. The van der Waals surface area contributed by atoms with Crippen molar-refractivity contribution in [1.82, 2.24) is 9.29 Å². The first-order chi connectivity index (χ1) is 15.4. The lowest BCUT2D eigenvalue weighted by atomic mass is 10.0. The van der Waals surface area contributed by atoms with Crippen LogP contribution in [0.15, 0.2) is 58.8 Å². The van der Waals surface area contributed by atoms with E-state index in [0.29, 0.717) is 29.7 Å². The van der Waals surface area contributed by atoms with E-state index in [0.717, 1.165) is 29.8 Å². The molecular formula is C23H25N3O4S2. The van der Waals surface area contributed by atoms with Crippen LogP contribution in [0.3, 0.4) is 0 Å². The number of hydrogen-bond acceptors (Lipinski definition) is 6. The summed E-state index contributed by atoms with van der Waals surface area (Å²) in [5.74, 6) is 0.776. The monoisotopic (exact) mass is 471 g/mol. The number of piperidine rings is 1. The van der Waals surface area contributed by atoms with Crippen LogP contribution in [0.25, 0.3) is 11.3 Å². The molecule has 2 aromatic carbocycles. The number of thiazole rings is 1. The predicted molar refractivity (Wildman–Crippen MR) is 126 cm³/mol. The van der Waals surface area contributed by atoms with Gasteiger partial charge in [-0.2, -0.15) is 4.31 Å². The van der Waals surface area contributed by atoms with Crippen LogP contribution in [0.2, 0.25) is 0 Å². The number of sulfonamides is 1. The van der Waals surface area contributed by atoms with Crippen LogP contribution in [0.1, 0.15) is 30.1 Å². The van der Waals surface area contributed by atoms with Crippen LogP contribution in [0, 0.1) is 5.92 Å². The maximum atomic E-state index is 12.9. The summed E-state index contributed by atoms with van der Waals surface area (Å²) >= 11 is 1.33. The van der Waals surface area contributed by atoms with Crippen LogP contribution < -0.4 is 10.1 Å². The van der Waals surface area contributed by atoms with Crippen molar-refractivity contribution in [2.75, 3.05) is 25.5 Å². The molecule has 2 heterocycles. The lowest BCUT2D eigenvalue weighted by Gasteiger charge is -2.30. The second-order valence-corrected chi connectivity index (χ2v) is 10.7. The Morgan fingerprint density at radius 2 is 1.88 bits per heavy atom. The lowest BCUT2D eigenvalue weighted by Crippen LogP contribution is -2.39.